The summed E-state index contributed by atoms with van der Waals surface area (Å²) in [5.41, 5.74) is 2.87. The molecule has 1 amide bonds. The molecular weight excluding hydrogens is 394 g/mol. The van der Waals surface area contributed by atoms with Gasteiger partial charge in [-0.1, -0.05) is 29.8 Å². The molecule has 4 rings (SSSR count). The lowest BCUT2D eigenvalue weighted by atomic mass is 10.1. The van der Waals surface area contributed by atoms with Crippen molar-refractivity contribution in [1.82, 2.24) is 4.98 Å². The van der Waals surface area contributed by atoms with Gasteiger partial charge in [0.05, 0.1) is 16.4 Å². The van der Waals surface area contributed by atoms with Crippen LogP contribution < -0.4 is 14.5 Å². The van der Waals surface area contributed by atoms with Gasteiger partial charge in [0.15, 0.2) is 4.88 Å². The normalized spacial score (nSPS) is 13.4. The van der Waals surface area contributed by atoms with Crippen LogP contribution >= 0.6 is 22.9 Å². The highest BCUT2D eigenvalue weighted by molar-refractivity contribution is 7.14. The molecule has 0 spiro atoms. The van der Waals surface area contributed by atoms with Crippen LogP contribution in [0.3, 0.4) is 0 Å². The van der Waals surface area contributed by atoms with Crippen molar-refractivity contribution in [2.45, 2.75) is 13.8 Å². The summed E-state index contributed by atoms with van der Waals surface area (Å²) >= 11 is 7.45. The molecule has 0 saturated heterocycles. The van der Waals surface area contributed by atoms with E-state index in [1.807, 2.05) is 57.3 Å². The molecule has 0 aliphatic carbocycles. The third-order valence-corrected chi connectivity index (χ3v) is 5.92. The van der Waals surface area contributed by atoms with Crippen molar-refractivity contribution < 1.29 is 9.53 Å². The molecule has 7 heteroatoms. The van der Waals surface area contributed by atoms with E-state index < -0.39 is 0 Å². The summed E-state index contributed by atoms with van der Waals surface area (Å²) in [6.45, 7) is 5.18. The number of carbonyl (C=O) groups is 1. The van der Waals surface area contributed by atoms with E-state index in [1.165, 1.54) is 11.3 Å². The van der Waals surface area contributed by atoms with Crippen molar-refractivity contribution in [2.24, 2.45) is 0 Å². The molecule has 0 fully saturated rings. The number of fused-ring (bicyclic) bond motifs is 1. The number of benzene rings is 2. The van der Waals surface area contributed by atoms with Crippen LogP contribution in [0.1, 0.15) is 20.2 Å². The van der Waals surface area contributed by atoms with Crippen LogP contribution in [-0.4, -0.2) is 31.0 Å². The maximum atomic E-state index is 13.4. The lowest BCUT2D eigenvalue weighted by Gasteiger charge is -2.35. The number of aryl methyl sites for hydroxylation is 2. The first-order chi connectivity index (χ1) is 13.4. The minimum atomic E-state index is -0.0965. The average Bonchev–Trinajstić information content (AvgIpc) is 3.05. The standard InChI is InChI=1S/C21H20ClN3O2S/c1-13-8-9-15(22)12-18(13)27-20-19(28-14(2)23-20)21(26)25-11-10-24(3)16-6-4-5-7-17(16)25/h4-9,12H,10-11H2,1-3H3. The summed E-state index contributed by atoms with van der Waals surface area (Å²) in [4.78, 5) is 22.3. The summed E-state index contributed by atoms with van der Waals surface area (Å²) in [5, 5.41) is 1.36. The molecule has 1 aromatic heterocycles. The van der Waals surface area contributed by atoms with Gasteiger partial charge in [-0.25, -0.2) is 4.98 Å². The van der Waals surface area contributed by atoms with E-state index in [0.717, 1.165) is 28.5 Å². The zero-order valence-electron chi connectivity index (χ0n) is 15.9. The second-order valence-corrected chi connectivity index (χ2v) is 8.39. The number of aromatic nitrogens is 1. The Kier molecular flexibility index (Phi) is 5.00. The number of carbonyl (C=O) groups excluding carboxylic acids is 1. The highest BCUT2D eigenvalue weighted by Crippen LogP contribution is 2.37. The zero-order chi connectivity index (χ0) is 19.8. The highest BCUT2D eigenvalue weighted by Gasteiger charge is 2.30. The Morgan fingerprint density at radius 1 is 1.14 bits per heavy atom. The molecule has 0 atom stereocenters. The molecule has 144 valence electrons. The minimum Gasteiger partial charge on any atom is -0.437 e. The van der Waals surface area contributed by atoms with Crippen molar-refractivity contribution in [1.29, 1.82) is 0 Å². The Morgan fingerprint density at radius 2 is 1.89 bits per heavy atom. The molecule has 0 radical (unpaired) electrons. The number of amides is 1. The monoisotopic (exact) mass is 413 g/mol. The molecule has 3 aromatic rings. The van der Waals surface area contributed by atoms with Crippen molar-refractivity contribution in [3.63, 3.8) is 0 Å². The van der Waals surface area contributed by atoms with E-state index in [-0.39, 0.29) is 5.91 Å². The van der Waals surface area contributed by atoms with Gasteiger partial charge in [-0.05, 0) is 43.7 Å². The molecule has 1 aliphatic rings. The summed E-state index contributed by atoms with van der Waals surface area (Å²) in [6, 6.07) is 13.4. The maximum absolute atomic E-state index is 13.4. The second kappa shape index (κ2) is 7.45. The summed E-state index contributed by atoms with van der Waals surface area (Å²) in [7, 11) is 2.04. The van der Waals surface area contributed by atoms with Crippen LogP contribution in [0.25, 0.3) is 0 Å². The van der Waals surface area contributed by atoms with Gasteiger partial charge in [-0.2, -0.15) is 0 Å². The Labute approximate surface area is 173 Å². The fourth-order valence-electron chi connectivity index (χ4n) is 3.24. The second-order valence-electron chi connectivity index (χ2n) is 6.75. The molecule has 0 unspecified atom stereocenters. The molecule has 0 bridgehead atoms. The van der Waals surface area contributed by atoms with Gasteiger partial charge in [0.25, 0.3) is 5.91 Å². The Balaban J connectivity index is 1.70. The Bertz CT molecular complexity index is 1050. The predicted octanol–water partition coefficient (Wildman–Crippen LogP) is 5.30. The number of nitrogens with zero attached hydrogens (tertiary/aromatic N) is 3. The molecule has 0 saturated carbocycles. The van der Waals surface area contributed by atoms with E-state index in [9.17, 15) is 4.79 Å². The number of halogens is 1. The van der Waals surface area contributed by atoms with Gasteiger partial charge in [0.1, 0.15) is 5.75 Å². The van der Waals surface area contributed by atoms with Crippen LogP contribution in [0.5, 0.6) is 11.6 Å². The largest absolute Gasteiger partial charge is 0.437 e. The number of likely N-dealkylation sites (N-methyl/N-ethyl adjacent to an activating group) is 1. The minimum absolute atomic E-state index is 0.0965. The lowest BCUT2D eigenvalue weighted by Crippen LogP contribution is -2.42. The molecule has 2 aromatic carbocycles. The van der Waals surface area contributed by atoms with Crippen LogP contribution in [-0.2, 0) is 0 Å². The first-order valence-corrected chi connectivity index (χ1v) is 10.2. The van der Waals surface area contributed by atoms with Crippen molar-refractivity contribution in [2.75, 3.05) is 29.9 Å². The topological polar surface area (TPSA) is 45.7 Å². The average molecular weight is 414 g/mol. The number of anilines is 2. The van der Waals surface area contributed by atoms with E-state index in [2.05, 4.69) is 9.88 Å². The SMILES string of the molecule is Cc1nc(Oc2cc(Cl)ccc2C)c(C(=O)N2CCN(C)c3ccccc32)s1. The molecular formula is C21H20ClN3O2S. The molecule has 28 heavy (non-hydrogen) atoms. The zero-order valence-corrected chi connectivity index (χ0v) is 17.5. The van der Waals surface area contributed by atoms with Gasteiger partial charge < -0.3 is 14.5 Å². The number of thiazole rings is 1. The maximum Gasteiger partial charge on any atom is 0.274 e. The third kappa shape index (κ3) is 3.45. The van der Waals surface area contributed by atoms with Gasteiger partial charge in [-0.3, -0.25) is 4.79 Å². The van der Waals surface area contributed by atoms with Gasteiger partial charge >= 0.3 is 0 Å². The molecule has 2 heterocycles. The van der Waals surface area contributed by atoms with E-state index >= 15 is 0 Å². The van der Waals surface area contributed by atoms with Gasteiger partial charge in [0.2, 0.25) is 5.88 Å². The van der Waals surface area contributed by atoms with Crippen molar-refractivity contribution >= 4 is 40.2 Å². The Hall–Kier alpha value is -2.57. The Morgan fingerprint density at radius 3 is 2.68 bits per heavy atom. The van der Waals surface area contributed by atoms with Crippen LogP contribution in [0.2, 0.25) is 5.02 Å². The molecule has 1 aliphatic heterocycles. The number of hydrogen-bond acceptors (Lipinski definition) is 5. The highest BCUT2D eigenvalue weighted by atomic mass is 35.5. The van der Waals surface area contributed by atoms with Crippen LogP contribution in [0.4, 0.5) is 11.4 Å². The first kappa shape index (κ1) is 18.8. The van der Waals surface area contributed by atoms with Gasteiger partial charge in [0, 0.05) is 25.2 Å². The first-order valence-electron chi connectivity index (χ1n) is 8.97. The summed E-state index contributed by atoms with van der Waals surface area (Å²) in [5.74, 6) is 0.834. The van der Waals surface area contributed by atoms with Crippen LogP contribution in [0.15, 0.2) is 42.5 Å². The third-order valence-electron chi connectivity index (χ3n) is 4.74. The quantitative estimate of drug-likeness (QED) is 0.584. The van der Waals surface area contributed by atoms with Gasteiger partial charge in [-0.15, -0.1) is 11.3 Å². The fourth-order valence-corrected chi connectivity index (χ4v) is 4.20. The summed E-state index contributed by atoms with van der Waals surface area (Å²) in [6.07, 6.45) is 0. The number of ether oxygens (including phenoxy) is 1. The fraction of sp³-hybridized carbons (Fsp3) is 0.238. The summed E-state index contributed by atoms with van der Waals surface area (Å²) < 4.78 is 6.02. The number of para-hydroxylation sites is 2. The van der Waals surface area contributed by atoms with Crippen LogP contribution in [0, 0.1) is 13.8 Å². The molecule has 5 nitrogen and oxygen atoms in total. The number of rotatable bonds is 3. The van der Waals surface area contributed by atoms with E-state index in [4.69, 9.17) is 16.3 Å². The van der Waals surface area contributed by atoms with Crippen molar-refractivity contribution in [3.8, 4) is 11.6 Å². The number of hydrogen-bond donors (Lipinski definition) is 0. The lowest BCUT2D eigenvalue weighted by molar-refractivity contribution is 0.0988. The molecule has 0 N–H and O–H groups in total. The van der Waals surface area contributed by atoms with Crippen molar-refractivity contribution in [3.05, 3.63) is 62.9 Å². The predicted molar refractivity (Wildman–Crippen MR) is 115 cm³/mol. The van der Waals surface area contributed by atoms with E-state index in [0.29, 0.717) is 28.1 Å². The van der Waals surface area contributed by atoms with E-state index in [1.54, 1.807) is 11.0 Å². The smallest absolute Gasteiger partial charge is 0.274 e.